The molecule has 1 aliphatic rings. The molecule has 2 heterocycles. The van der Waals surface area contributed by atoms with Crippen molar-refractivity contribution in [2.24, 2.45) is 12.0 Å². The van der Waals surface area contributed by atoms with E-state index in [1.54, 1.807) is 9.58 Å². The summed E-state index contributed by atoms with van der Waals surface area (Å²) in [5.41, 5.74) is -0.482. The minimum Gasteiger partial charge on any atom is -0.444 e. The zero-order valence-electron chi connectivity index (χ0n) is 16.9. The van der Waals surface area contributed by atoms with Crippen LogP contribution in [0.25, 0.3) is 0 Å². The van der Waals surface area contributed by atoms with E-state index in [4.69, 9.17) is 4.74 Å². The number of nitrogens with one attached hydrogen (secondary N) is 2. The zero-order chi connectivity index (χ0) is 19.2. The molecule has 1 unspecified atom stereocenters. The van der Waals surface area contributed by atoms with Crippen LogP contribution in [0.3, 0.4) is 0 Å². The molecule has 1 aromatic rings. The molecule has 0 saturated carbocycles. The Morgan fingerprint density at radius 3 is 2.78 bits per heavy atom. The summed E-state index contributed by atoms with van der Waals surface area (Å²) < 4.78 is 7.19. The minimum atomic E-state index is -0.482. The first-order valence-corrected chi connectivity index (χ1v) is 9.14. The predicted molar refractivity (Wildman–Crippen MR) is 115 cm³/mol. The zero-order valence-corrected chi connectivity index (χ0v) is 19.2. The molecule has 1 amide bonds. The first-order valence-electron chi connectivity index (χ1n) is 9.14. The van der Waals surface area contributed by atoms with Gasteiger partial charge in [0, 0.05) is 32.7 Å². The third-order valence-corrected chi connectivity index (χ3v) is 3.94. The second kappa shape index (κ2) is 10.7. The van der Waals surface area contributed by atoms with E-state index in [0.29, 0.717) is 19.0 Å². The number of likely N-dealkylation sites (tertiary alicyclic amines) is 1. The molecule has 154 valence electrons. The van der Waals surface area contributed by atoms with Gasteiger partial charge in [0.05, 0.1) is 0 Å². The molecular weight excluding hydrogens is 461 g/mol. The lowest BCUT2D eigenvalue weighted by atomic mass is 10.1. The van der Waals surface area contributed by atoms with Crippen molar-refractivity contribution < 1.29 is 9.53 Å². The van der Waals surface area contributed by atoms with Crippen LogP contribution in [0.15, 0.2) is 11.3 Å². The second-order valence-corrected chi connectivity index (χ2v) is 7.40. The van der Waals surface area contributed by atoms with Crippen molar-refractivity contribution in [2.75, 3.05) is 19.6 Å². The molecule has 2 rings (SSSR count). The van der Waals surface area contributed by atoms with E-state index in [1.807, 2.05) is 34.7 Å². The van der Waals surface area contributed by atoms with E-state index in [0.717, 1.165) is 31.8 Å². The summed E-state index contributed by atoms with van der Waals surface area (Å²) >= 11 is 0. The maximum absolute atomic E-state index is 12.3. The van der Waals surface area contributed by atoms with Gasteiger partial charge in [0.15, 0.2) is 5.96 Å². The number of guanidine groups is 1. The Morgan fingerprint density at radius 1 is 1.44 bits per heavy atom. The minimum absolute atomic E-state index is 0. The predicted octanol–water partition coefficient (Wildman–Crippen LogP) is 1.89. The lowest BCUT2D eigenvalue weighted by molar-refractivity contribution is 0.0193. The van der Waals surface area contributed by atoms with Crippen LogP contribution in [0.5, 0.6) is 0 Å². The first-order chi connectivity index (χ1) is 12.3. The fourth-order valence-electron chi connectivity index (χ4n) is 2.71. The maximum atomic E-state index is 12.3. The normalized spacial score (nSPS) is 17.9. The molecule has 1 fully saturated rings. The topological polar surface area (TPSA) is 96.7 Å². The van der Waals surface area contributed by atoms with Gasteiger partial charge in [-0.15, -0.1) is 24.0 Å². The van der Waals surface area contributed by atoms with Crippen molar-refractivity contribution in [2.45, 2.75) is 58.7 Å². The quantitative estimate of drug-likeness (QED) is 0.378. The molecule has 27 heavy (non-hydrogen) atoms. The van der Waals surface area contributed by atoms with Crippen LogP contribution in [-0.4, -0.2) is 63.0 Å². The third-order valence-electron chi connectivity index (χ3n) is 3.94. The number of hydrogen-bond acceptors (Lipinski definition) is 5. The van der Waals surface area contributed by atoms with Gasteiger partial charge in [0.25, 0.3) is 0 Å². The van der Waals surface area contributed by atoms with Gasteiger partial charge in [-0.05, 0) is 40.5 Å². The highest BCUT2D eigenvalue weighted by Gasteiger charge is 2.28. The lowest BCUT2D eigenvalue weighted by Gasteiger charge is -2.35. The number of piperidine rings is 1. The Morgan fingerprint density at radius 2 is 2.19 bits per heavy atom. The Kier molecular flexibility index (Phi) is 9.27. The van der Waals surface area contributed by atoms with Crippen molar-refractivity contribution in [1.82, 2.24) is 30.3 Å². The highest BCUT2D eigenvalue weighted by molar-refractivity contribution is 14.0. The summed E-state index contributed by atoms with van der Waals surface area (Å²) in [4.78, 5) is 22.8. The SMILES string of the molecule is CCNC(=NCc1ncnn1C)NC1CCCN(C(=O)OC(C)(C)C)C1.I. The summed E-state index contributed by atoms with van der Waals surface area (Å²) in [5, 5.41) is 10.7. The largest absolute Gasteiger partial charge is 0.444 e. The number of carbonyl (C=O) groups excluding carboxylic acids is 1. The van der Waals surface area contributed by atoms with E-state index < -0.39 is 5.60 Å². The summed E-state index contributed by atoms with van der Waals surface area (Å²) in [7, 11) is 1.85. The molecule has 1 aromatic heterocycles. The van der Waals surface area contributed by atoms with Gasteiger partial charge >= 0.3 is 6.09 Å². The second-order valence-electron chi connectivity index (χ2n) is 7.40. The number of halogens is 1. The molecule has 2 N–H and O–H groups in total. The summed E-state index contributed by atoms with van der Waals surface area (Å²) in [6.07, 6.45) is 3.17. The van der Waals surface area contributed by atoms with E-state index in [2.05, 4.69) is 25.7 Å². The maximum Gasteiger partial charge on any atom is 0.410 e. The fourth-order valence-corrected chi connectivity index (χ4v) is 2.71. The van der Waals surface area contributed by atoms with Gasteiger partial charge in [0.1, 0.15) is 24.3 Å². The fraction of sp³-hybridized carbons (Fsp3) is 0.765. The van der Waals surface area contributed by atoms with Gasteiger partial charge in [-0.1, -0.05) is 0 Å². The van der Waals surface area contributed by atoms with Gasteiger partial charge in [0.2, 0.25) is 0 Å². The molecule has 1 saturated heterocycles. The molecule has 1 aliphatic heterocycles. The van der Waals surface area contributed by atoms with Gasteiger partial charge in [-0.2, -0.15) is 5.10 Å². The van der Waals surface area contributed by atoms with Crippen molar-refractivity contribution >= 4 is 36.0 Å². The number of amides is 1. The number of aryl methyl sites for hydroxylation is 1. The number of ether oxygens (including phenoxy) is 1. The number of aromatic nitrogens is 3. The smallest absolute Gasteiger partial charge is 0.410 e. The molecular formula is C17H32IN7O2. The van der Waals surface area contributed by atoms with Crippen molar-refractivity contribution in [3.05, 3.63) is 12.2 Å². The van der Waals surface area contributed by atoms with Crippen molar-refractivity contribution in [1.29, 1.82) is 0 Å². The van der Waals surface area contributed by atoms with Crippen molar-refractivity contribution in [3.8, 4) is 0 Å². The molecule has 10 heteroatoms. The molecule has 0 bridgehead atoms. The van der Waals surface area contributed by atoms with Crippen LogP contribution in [0.4, 0.5) is 4.79 Å². The number of rotatable bonds is 4. The van der Waals surface area contributed by atoms with Crippen LogP contribution in [0.1, 0.15) is 46.4 Å². The van der Waals surface area contributed by atoms with E-state index in [1.165, 1.54) is 6.33 Å². The number of carbonyl (C=O) groups is 1. The van der Waals surface area contributed by atoms with Crippen molar-refractivity contribution in [3.63, 3.8) is 0 Å². The Bertz CT molecular complexity index is 627. The van der Waals surface area contributed by atoms with Crippen LogP contribution >= 0.6 is 24.0 Å². The molecule has 1 atom stereocenters. The molecule has 9 nitrogen and oxygen atoms in total. The van der Waals surface area contributed by atoms with Gasteiger partial charge in [-0.3, -0.25) is 4.68 Å². The highest BCUT2D eigenvalue weighted by Crippen LogP contribution is 2.15. The van der Waals surface area contributed by atoms with Crippen LogP contribution in [0.2, 0.25) is 0 Å². The van der Waals surface area contributed by atoms with Gasteiger partial charge in [-0.25, -0.2) is 14.8 Å². The van der Waals surface area contributed by atoms with E-state index >= 15 is 0 Å². The molecule has 0 aromatic carbocycles. The average molecular weight is 493 g/mol. The first kappa shape index (κ1) is 23.4. The summed E-state index contributed by atoms with van der Waals surface area (Å²) in [6.45, 7) is 10.2. The Labute approximate surface area is 178 Å². The average Bonchev–Trinajstić information content (AvgIpc) is 2.97. The van der Waals surface area contributed by atoms with Crippen LogP contribution in [0, 0.1) is 0 Å². The Balaban J connectivity index is 0.00000364. The molecule has 0 spiro atoms. The molecule has 0 aliphatic carbocycles. The number of nitrogens with zero attached hydrogens (tertiary/aromatic N) is 5. The van der Waals surface area contributed by atoms with E-state index in [9.17, 15) is 4.79 Å². The van der Waals surface area contributed by atoms with Crippen LogP contribution < -0.4 is 10.6 Å². The summed E-state index contributed by atoms with van der Waals surface area (Å²) in [5.74, 6) is 1.51. The summed E-state index contributed by atoms with van der Waals surface area (Å²) in [6, 6.07) is 0.133. The standard InChI is InChI=1S/C17H31N7O2.HI/c1-6-18-15(19-10-14-20-12-21-23(14)5)22-13-8-7-9-24(11-13)16(25)26-17(2,3)4;/h12-13H,6-11H2,1-5H3,(H2,18,19,22);1H. The number of aliphatic imine (C=N–C) groups is 1. The number of hydrogen-bond donors (Lipinski definition) is 2. The molecule has 0 radical (unpaired) electrons. The van der Waals surface area contributed by atoms with Gasteiger partial charge < -0.3 is 20.3 Å². The van der Waals surface area contributed by atoms with E-state index in [-0.39, 0.29) is 36.1 Å². The third kappa shape index (κ3) is 7.89. The monoisotopic (exact) mass is 493 g/mol. The Hall–Kier alpha value is -1.59. The lowest BCUT2D eigenvalue weighted by Crippen LogP contribution is -2.53. The highest BCUT2D eigenvalue weighted by atomic mass is 127. The van der Waals surface area contributed by atoms with Crippen LogP contribution in [-0.2, 0) is 18.3 Å².